The predicted molar refractivity (Wildman–Crippen MR) is 82.7 cm³/mol. The standard InChI is InChI=1S/C18H21FO2/c1-13(4-5-14-6-8-16(19)9-7-14)15-10-17(20-2)12-18(11-15)21-3/h6-13H,4-5H2,1-3H3. The number of halogens is 1. The van der Waals surface area contributed by atoms with Crippen LogP contribution in [0.15, 0.2) is 42.5 Å². The first-order valence-corrected chi connectivity index (χ1v) is 7.09. The molecule has 0 N–H and O–H groups in total. The van der Waals surface area contributed by atoms with Gasteiger partial charge in [0.1, 0.15) is 17.3 Å². The van der Waals surface area contributed by atoms with Gasteiger partial charge in [-0.15, -0.1) is 0 Å². The SMILES string of the molecule is COc1cc(OC)cc(C(C)CCc2ccc(F)cc2)c1. The Morgan fingerprint density at radius 1 is 0.952 bits per heavy atom. The second-order valence-corrected chi connectivity index (χ2v) is 5.21. The molecule has 2 aromatic carbocycles. The van der Waals surface area contributed by atoms with Crippen LogP contribution < -0.4 is 9.47 Å². The molecule has 0 fully saturated rings. The number of aryl methyl sites for hydroxylation is 1. The first-order valence-electron chi connectivity index (χ1n) is 7.09. The van der Waals surface area contributed by atoms with Gasteiger partial charge in [-0.2, -0.15) is 0 Å². The molecule has 0 aliphatic rings. The number of methoxy groups -OCH3 is 2. The Balaban J connectivity index is 2.05. The van der Waals surface area contributed by atoms with Gasteiger partial charge in [0.15, 0.2) is 0 Å². The van der Waals surface area contributed by atoms with Crippen molar-refractivity contribution in [2.75, 3.05) is 14.2 Å². The van der Waals surface area contributed by atoms with Crippen LogP contribution in [0.5, 0.6) is 11.5 Å². The highest BCUT2D eigenvalue weighted by Gasteiger charge is 2.10. The number of rotatable bonds is 6. The fourth-order valence-electron chi connectivity index (χ4n) is 2.31. The molecule has 0 bridgehead atoms. The summed E-state index contributed by atoms with van der Waals surface area (Å²) >= 11 is 0. The lowest BCUT2D eigenvalue weighted by atomic mass is 9.93. The summed E-state index contributed by atoms with van der Waals surface area (Å²) in [4.78, 5) is 0. The lowest BCUT2D eigenvalue weighted by Crippen LogP contribution is -1.98. The fraction of sp³-hybridized carbons (Fsp3) is 0.333. The van der Waals surface area contributed by atoms with E-state index in [1.54, 1.807) is 14.2 Å². The minimum absolute atomic E-state index is 0.190. The van der Waals surface area contributed by atoms with Crippen LogP contribution in [0.2, 0.25) is 0 Å². The van der Waals surface area contributed by atoms with Crippen LogP contribution in [0.3, 0.4) is 0 Å². The van der Waals surface area contributed by atoms with Crippen molar-refractivity contribution in [1.82, 2.24) is 0 Å². The maximum absolute atomic E-state index is 12.9. The van der Waals surface area contributed by atoms with Gasteiger partial charge in [0.25, 0.3) is 0 Å². The molecule has 0 aliphatic heterocycles. The van der Waals surface area contributed by atoms with Crippen LogP contribution in [0, 0.1) is 5.82 Å². The number of hydrogen-bond acceptors (Lipinski definition) is 2. The molecular formula is C18H21FO2. The minimum Gasteiger partial charge on any atom is -0.497 e. The summed E-state index contributed by atoms with van der Waals surface area (Å²) in [6, 6.07) is 12.7. The number of benzene rings is 2. The monoisotopic (exact) mass is 288 g/mol. The Morgan fingerprint density at radius 2 is 1.52 bits per heavy atom. The molecule has 2 nitrogen and oxygen atoms in total. The van der Waals surface area contributed by atoms with Crippen molar-refractivity contribution in [2.45, 2.75) is 25.7 Å². The summed E-state index contributed by atoms with van der Waals surface area (Å²) < 4.78 is 23.5. The second-order valence-electron chi connectivity index (χ2n) is 5.21. The molecule has 1 unspecified atom stereocenters. The van der Waals surface area contributed by atoms with E-state index in [0.29, 0.717) is 5.92 Å². The van der Waals surface area contributed by atoms with Crippen LogP contribution in [0.4, 0.5) is 4.39 Å². The number of ether oxygens (including phenoxy) is 2. The summed E-state index contributed by atoms with van der Waals surface area (Å²) in [5, 5.41) is 0. The maximum Gasteiger partial charge on any atom is 0.123 e. The van der Waals surface area contributed by atoms with E-state index >= 15 is 0 Å². The van der Waals surface area contributed by atoms with Crippen LogP contribution in [-0.4, -0.2) is 14.2 Å². The quantitative estimate of drug-likeness (QED) is 0.774. The maximum atomic E-state index is 12.9. The normalized spacial score (nSPS) is 12.0. The highest BCUT2D eigenvalue weighted by Crippen LogP contribution is 2.29. The van der Waals surface area contributed by atoms with Gasteiger partial charge in [-0.1, -0.05) is 19.1 Å². The zero-order valence-electron chi connectivity index (χ0n) is 12.7. The third kappa shape index (κ3) is 4.22. The van der Waals surface area contributed by atoms with Crippen molar-refractivity contribution < 1.29 is 13.9 Å². The topological polar surface area (TPSA) is 18.5 Å². The van der Waals surface area contributed by atoms with Crippen molar-refractivity contribution in [3.05, 3.63) is 59.4 Å². The molecular weight excluding hydrogens is 267 g/mol. The molecule has 2 aromatic rings. The van der Waals surface area contributed by atoms with Crippen molar-refractivity contribution in [3.63, 3.8) is 0 Å². The van der Waals surface area contributed by atoms with Gasteiger partial charge in [-0.25, -0.2) is 4.39 Å². The van der Waals surface area contributed by atoms with Crippen molar-refractivity contribution in [2.24, 2.45) is 0 Å². The predicted octanol–water partition coefficient (Wildman–Crippen LogP) is 4.58. The van der Waals surface area contributed by atoms with Gasteiger partial charge >= 0.3 is 0 Å². The number of hydrogen-bond donors (Lipinski definition) is 0. The van der Waals surface area contributed by atoms with Crippen molar-refractivity contribution >= 4 is 0 Å². The zero-order valence-corrected chi connectivity index (χ0v) is 12.7. The molecule has 112 valence electrons. The van der Waals surface area contributed by atoms with Gasteiger partial charge in [0.05, 0.1) is 14.2 Å². The third-order valence-corrected chi connectivity index (χ3v) is 3.72. The summed E-state index contributed by atoms with van der Waals surface area (Å²) in [7, 11) is 3.31. The second kappa shape index (κ2) is 7.11. The highest BCUT2D eigenvalue weighted by molar-refractivity contribution is 5.39. The van der Waals surface area contributed by atoms with E-state index in [9.17, 15) is 4.39 Å². The summed E-state index contributed by atoms with van der Waals surface area (Å²) in [6.07, 6.45) is 1.91. The van der Waals surface area contributed by atoms with E-state index in [2.05, 4.69) is 6.92 Å². The Kier molecular flexibility index (Phi) is 5.20. The molecule has 21 heavy (non-hydrogen) atoms. The van der Waals surface area contributed by atoms with E-state index in [1.807, 2.05) is 30.3 Å². The van der Waals surface area contributed by atoms with Gasteiger partial charge in [-0.05, 0) is 54.2 Å². The van der Waals surface area contributed by atoms with E-state index in [0.717, 1.165) is 29.9 Å². The molecule has 0 heterocycles. The Bertz CT molecular complexity index is 556. The molecule has 0 saturated heterocycles. The van der Waals surface area contributed by atoms with E-state index < -0.39 is 0 Å². The van der Waals surface area contributed by atoms with E-state index in [1.165, 1.54) is 17.7 Å². The Labute approximate surface area is 125 Å². The summed E-state index contributed by atoms with van der Waals surface area (Å²) in [5.74, 6) is 1.79. The molecule has 0 amide bonds. The molecule has 0 aromatic heterocycles. The van der Waals surface area contributed by atoms with Crippen molar-refractivity contribution in [3.8, 4) is 11.5 Å². The lowest BCUT2D eigenvalue weighted by Gasteiger charge is -2.15. The smallest absolute Gasteiger partial charge is 0.123 e. The van der Waals surface area contributed by atoms with Crippen molar-refractivity contribution in [1.29, 1.82) is 0 Å². The molecule has 2 rings (SSSR count). The van der Waals surface area contributed by atoms with Crippen LogP contribution >= 0.6 is 0 Å². The summed E-state index contributed by atoms with van der Waals surface area (Å²) in [6.45, 7) is 2.18. The largest absolute Gasteiger partial charge is 0.497 e. The van der Waals surface area contributed by atoms with Crippen LogP contribution in [0.1, 0.15) is 30.4 Å². The zero-order chi connectivity index (χ0) is 15.2. The van der Waals surface area contributed by atoms with Gasteiger partial charge in [-0.3, -0.25) is 0 Å². The minimum atomic E-state index is -0.190. The molecule has 0 aliphatic carbocycles. The highest BCUT2D eigenvalue weighted by atomic mass is 19.1. The average molecular weight is 288 g/mol. The van der Waals surface area contributed by atoms with Gasteiger partial charge in [0.2, 0.25) is 0 Å². The summed E-state index contributed by atoms with van der Waals surface area (Å²) in [5.41, 5.74) is 2.34. The van der Waals surface area contributed by atoms with Crippen LogP contribution in [-0.2, 0) is 6.42 Å². The third-order valence-electron chi connectivity index (χ3n) is 3.72. The molecule has 0 saturated carbocycles. The first-order chi connectivity index (χ1) is 10.1. The van der Waals surface area contributed by atoms with Gasteiger partial charge < -0.3 is 9.47 Å². The Hall–Kier alpha value is -2.03. The molecule has 3 heteroatoms. The Morgan fingerprint density at radius 3 is 2.05 bits per heavy atom. The van der Waals surface area contributed by atoms with Gasteiger partial charge in [0, 0.05) is 6.07 Å². The van der Waals surface area contributed by atoms with Crippen LogP contribution in [0.25, 0.3) is 0 Å². The average Bonchev–Trinajstić information content (AvgIpc) is 2.53. The first kappa shape index (κ1) is 15.4. The lowest BCUT2D eigenvalue weighted by molar-refractivity contribution is 0.392. The molecule has 0 spiro atoms. The fourth-order valence-corrected chi connectivity index (χ4v) is 2.31. The van der Waals surface area contributed by atoms with E-state index in [4.69, 9.17) is 9.47 Å². The molecule has 1 atom stereocenters. The molecule has 0 radical (unpaired) electrons. The van der Waals surface area contributed by atoms with E-state index in [-0.39, 0.29) is 5.82 Å².